The van der Waals surface area contributed by atoms with Gasteiger partial charge in [-0.2, -0.15) is 13.8 Å². The number of nitrogen functional groups attached to an aromatic ring is 1. The lowest BCUT2D eigenvalue weighted by Gasteiger charge is -2.35. The third-order valence-electron chi connectivity index (χ3n) is 6.49. The summed E-state index contributed by atoms with van der Waals surface area (Å²) < 4.78 is 82.4. The number of ether oxygens (including phenoxy) is 2. The highest BCUT2D eigenvalue weighted by atomic mass is 32.5. The summed E-state index contributed by atoms with van der Waals surface area (Å²) >= 11 is 5.55. The number of carbonyl (C=O) groups is 1. The molecule has 0 saturated carbocycles. The van der Waals surface area contributed by atoms with E-state index in [1.54, 1.807) is 50.2 Å². The average molecular weight is 649 g/mol. The number of nitrogens with one attached hydrogen (secondary N) is 1. The van der Waals surface area contributed by atoms with E-state index in [4.69, 9.17) is 36.1 Å². The number of esters is 1. The molecule has 0 aliphatic carbocycles. The summed E-state index contributed by atoms with van der Waals surface area (Å²) in [6.45, 7) is -1.25. The number of nitrogens with zero attached hydrogens (tertiary/aromatic N) is 2. The van der Waals surface area contributed by atoms with Crippen LogP contribution in [0.2, 0.25) is 0 Å². The minimum Gasteiger partial charge on any atom is -0.462 e. The molecule has 43 heavy (non-hydrogen) atoms. The summed E-state index contributed by atoms with van der Waals surface area (Å²) in [6.07, 6.45) is -8.85. The largest absolute Gasteiger partial charge is 0.462 e. The van der Waals surface area contributed by atoms with Gasteiger partial charge in [0.15, 0.2) is 12.3 Å². The molecule has 0 bridgehead atoms. The second-order valence-electron chi connectivity index (χ2n) is 9.98. The fourth-order valence-electron chi connectivity index (χ4n) is 4.31. The highest BCUT2D eigenvalue weighted by molar-refractivity contribution is 8.09. The number of anilines is 1. The van der Waals surface area contributed by atoms with Crippen LogP contribution in [-0.4, -0.2) is 63.4 Å². The number of rotatable bonds is 11. The Bertz CT molecular complexity index is 1590. The average Bonchev–Trinajstić information content (AvgIpc) is 3.13. The van der Waals surface area contributed by atoms with Gasteiger partial charge >= 0.3 is 24.2 Å². The van der Waals surface area contributed by atoms with Crippen LogP contribution in [0.4, 0.5) is 23.4 Å². The second kappa shape index (κ2) is 12.5. The van der Waals surface area contributed by atoms with Crippen LogP contribution < -0.4 is 21.0 Å². The smallest absolute Gasteiger partial charge is 0.351 e. The zero-order valence-electron chi connectivity index (χ0n) is 23.0. The fourth-order valence-corrected chi connectivity index (χ4v) is 6.72. The lowest BCUT2D eigenvalue weighted by molar-refractivity contribution is -0.241. The molecule has 4 rings (SSSR count). The van der Waals surface area contributed by atoms with E-state index >= 15 is 8.78 Å². The number of alkyl halides is 4. The van der Waals surface area contributed by atoms with Crippen molar-refractivity contribution in [3.63, 3.8) is 0 Å². The molecule has 1 aromatic heterocycles. The predicted molar refractivity (Wildman–Crippen MR) is 151 cm³/mol. The number of aliphatic hydroxyl groups is 1. The summed E-state index contributed by atoms with van der Waals surface area (Å²) in [5.74, 6) is -5.65. The van der Waals surface area contributed by atoms with E-state index in [2.05, 4.69) is 10.1 Å². The Labute approximate surface area is 248 Å². The van der Waals surface area contributed by atoms with Crippen molar-refractivity contribution in [1.82, 2.24) is 14.6 Å². The Hall–Kier alpha value is -3.14. The Balaban J connectivity index is 1.71. The standard InChI is InChI=1S/C26H29F4N4O7PS/c1-14(2)39-22(36)15(3)33-42(43,41-18-10-6-8-16-7-4-5-9-17(16)18)38-13-25(23(27)28)26(29,30)20(35)21(40-25)34-12-11-19(31)32-24(34)37/h4-12,14-15,20-21,23,35H,13H2,1-3H3,(H,33,43)(H2,31,32,37). The molecule has 2 aromatic carbocycles. The summed E-state index contributed by atoms with van der Waals surface area (Å²) in [5.41, 5.74) is 0.379. The van der Waals surface area contributed by atoms with E-state index in [-0.39, 0.29) is 11.6 Å². The van der Waals surface area contributed by atoms with Crippen molar-refractivity contribution >= 4 is 41.0 Å². The third-order valence-corrected chi connectivity index (χ3v) is 8.95. The van der Waals surface area contributed by atoms with Crippen molar-refractivity contribution in [1.29, 1.82) is 0 Å². The minimum absolute atomic E-state index is 0.112. The first kappa shape index (κ1) is 32.8. The normalized spacial score (nSPS) is 23.8. The number of nitrogens with two attached hydrogens (primary N) is 1. The number of benzene rings is 2. The zero-order chi connectivity index (χ0) is 31.7. The molecule has 5 atom stereocenters. The van der Waals surface area contributed by atoms with Crippen LogP contribution in [0.25, 0.3) is 10.8 Å². The van der Waals surface area contributed by atoms with Gasteiger partial charge in [-0.15, -0.1) is 0 Å². The number of hydrogen-bond donors (Lipinski definition) is 3. The second-order valence-corrected chi connectivity index (χ2v) is 13.1. The van der Waals surface area contributed by atoms with Gasteiger partial charge in [0.25, 0.3) is 6.43 Å². The summed E-state index contributed by atoms with van der Waals surface area (Å²) in [7, 11) is 0. The number of hydrogen-bond acceptors (Lipinski definition) is 10. The van der Waals surface area contributed by atoms with Gasteiger partial charge in [-0.3, -0.25) is 9.36 Å². The number of aliphatic hydroxyl groups excluding tert-OH is 1. The van der Waals surface area contributed by atoms with Crippen LogP contribution in [0.1, 0.15) is 27.0 Å². The summed E-state index contributed by atoms with van der Waals surface area (Å²) in [6, 6.07) is 11.6. The van der Waals surface area contributed by atoms with Crippen LogP contribution in [-0.2, 0) is 30.6 Å². The minimum atomic E-state index is -4.69. The molecule has 234 valence electrons. The highest BCUT2D eigenvalue weighted by Gasteiger charge is 2.74. The zero-order valence-corrected chi connectivity index (χ0v) is 24.7. The van der Waals surface area contributed by atoms with Crippen LogP contribution >= 0.6 is 6.64 Å². The third kappa shape index (κ3) is 6.54. The van der Waals surface area contributed by atoms with Gasteiger partial charge in [-0.25, -0.2) is 18.7 Å². The quantitative estimate of drug-likeness (QED) is 0.159. The predicted octanol–water partition coefficient (Wildman–Crippen LogP) is 3.76. The van der Waals surface area contributed by atoms with Crippen molar-refractivity contribution in [2.45, 2.75) is 63.2 Å². The van der Waals surface area contributed by atoms with Gasteiger partial charge < -0.3 is 29.4 Å². The Morgan fingerprint density at radius 3 is 2.53 bits per heavy atom. The van der Waals surface area contributed by atoms with Gasteiger partial charge in [-0.1, -0.05) is 36.4 Å². The lowest BCUT2D eigenvalue weighted by Crippen LogP contribution is -2.57. The first-order chi connectivity index (χ1) is 20.1. The van der Waals surface area contributed by atoms with Crippen LogP contribution in [0.5, 0.6) is 5.75 Å². The molecule has 0 radical (unpaired) electrons. The van der Waals surface area contributed by atoms with Crippen LogP contribution in [0.3, 0.4) is 0 Å². The SMILES string of the molecule is CC(C)OC(=O)C(C)NP(=S)(OCC1(C(F)F)OC(n2ccc(N)nc2=O)C(O)C1(F)F)Oc1cccc2ccccc12. The monoisotopic (exact) mass is 648 g/mol. The number of carbonyl (C=O) groups excluding carboxylic acids is 1. The van der Waals surface area contributed by atoms with E-state index in [0.29, 0.717) is 15.3 Å². The number of halogens is 4. The molecule has 3 aromatic rings. The van der Waals surface area contributed by atoms with Crippen molar-refractivity contribution in [2.24, 2.45) is 0 Å². The molecule has 2 heterocycles. The van der Waals surface area contributed by atoms with E-state index in [1.165, 1.54) is 13.0 Å². The molecular formula is C26H29F4N4O7PS. The first-order valence-corrected chi connectivity index (χ1v) is 15.5. The molecule has 1 fully saturated rings. The van der Waals surface area contributed by atoms with Crippen molar-refractivity contribution in [3.8, 4) is 5.75 Å². The maximum atomic E-state index is 15.5. The Kier molecular flexibility index (Phi) is 9.50. The van der Waals surface area contributed by atoms with Crippen molar-refractivity contribution < 1.29 is 46.0 Å². The van der Waals surface area contributed by atoms with Crippen LogP contribution in [0, 0.1) is 0 Å². The molecule has 1 saturated heterocycles. The number of fused-ring (bicyclic) bond motifs is 1. The molecule has 1 aliphatic rings. The van der Waals surface area contributed by atoms with E-state index < -0.39 is 67.3 Å². The van der Waals surface area contributed by atoms with Crippen LogP contribution in [0.15, 0.2) is 59.5 Å². The number of aromatic nitrogens is 2. The molecular weight excluding hydrogens is 619 g/mol. The maximum Gasteiger partial charge on any atom is 0.351 e. The fraction of sp³-hybridized carbons (Fsp3) is 0.423. The Morgan fingerprint density at radius 2 is 1.88 bits per heavy atom. The molecule has 11 nitrogen and oxygen atoms in total. The molecule has 4 N–H and O–H groups in total. The van der Waals surface area contributed by atoms with Gasteiger partial charge in [0.05, 0.1) is 12.7 Å². The van der Waals surface area contributed by atoms with Crippen molar-refractivity contribution in [2.75, 3.05) is 12.3 Å². The lowest BCUT2D eigenvalue weighted by atomic mass is 9.95. The highest BCUT2D eigenvalue weighted by Crippen LogP contribution is 2.55. The molecule has 0 amide bonds. The Morgan fingerprint density at radius 1 is 1.21 bits per heavy atom. The van der Waals surface area contributed by atoms with E-state index in [9.17, 15) is 23.5 Å². The molecule has 0 spiro atoms. The first-order valence-electron chi connectivity index (χ1n) is 12.9. The van der Waals surface area contributed by atoms with Gasteiger partial charge in [0.1, 0.15) is 17.6 Å². The summed E-state index contributed by atoms with van der Waals surface area (Å²) in [5, 5.41) is 14.3. The maximum absolute atomic E-state index is 15.5. The summed E-state index contributed by atoms with van der Waals surface area (Å²) in [4.78, 5) is 28.2. The van der Waals surface area contributed by atoms with E-state index in [1.807, 2.05) is 0 Å². The van der Waals surface area contributed by atoms with E-state index in [0.717, 1.165) is 12.3 Å². The van der Waals surface area contributed by atoms with Gasteiger partial charge in [-0.05, 0) is 50.1 Å². The van der Waals surface area contributed by atoms with Crippen molar-refractivity contribution in [3.05, 3.63) is 65.2 Å². The molecule has 5 unspecified atom stereocenters. The molecule has 17 heteroatoms. The van der Waals surface area contributed by atoms with Gasteiger partial charge in [0.2, 0.25) is 5.60 Å². The topological polar surface area (TPSA) is 147 Å². The van der Waals surface area contributed by atoms with Gasteiger partial charge in [0, 0.05) is 11.6 Å². The molecule has 1 aliphatic heterocycles.